The lowest BCUT2D eigenvalue weighted by Crippen LogP contribution is -2.15. The fourth-order valence-corrected chi connectivity index (χ4v) is 2.58. The molecular formula is C16H21ClN4O2. The topological polar surface area (TPSA) is 104 Å². The molecule has 1 aromatic rings. The first-order valence-corrected chi connectivity index (χ1v) is 7.61. The number of amides is 1. The summed E-state index contributed by atoms with van der Waals surface area (Å²) in [6.45, 7) is 7.18. The van der Waals surface area contributed by atoms with E-state index in [4.69, 9.17) is 27.8 Å². The lowest BCUT2D eigenvalue weighted by molar-refractivity contribution is 0.1000. The van der Waals surface area contributed by atoms with Crippen molar-refractivity contribution in [3.05, 3.63) is 34.8 Å². The number of pyridine rings is 1. The lowest BCUT2D eigenvalue weighted by atomic mass is 9.99. The van der Waals surface area contributed by atoms with E-state index in [1.54, 1.807) is 12.1 Å². The van der Waals surface area contributed by atoms with Crippen molar-refractivity contribution in [2.75, 3.05) is 6.61 Å². The molecule has 1 unspecified atom stereocenters. The second kappa shape index (κ2) is 6.20. The molecular weight excluding hydrogens is 316 g/mol. The normalized spacial score (nSPS) is 23.0. The van der Waals surface area contributed by atoms with E-state index in [9.17, 15) is 4.79 Å². The van der Waals surface area contributed by atoms with Crippen LogP contribution in [0.5, 0.6) is 0 Å². The molecule has 1 heterocycles. The Morgan fingerprint density at radius 1 is 1.43 bits per heavy atom. The Kier molecular flexibility index (Phi) is 4.66. The van der Waals surface area contributed by atoms with Crippen molar-refractivity contribution in [1.29, 1.82) is 0 Å². The van der Waals surface area contributed by atoms with E-state index in [1.807, 2.05) is 0 Å². The zero-order valence-corrected chi connectivity index (χ0v) is 14.2. The number of aromatic nitrogens is 1. The van der Waals surface area contributed by atoms with Crippen LogP contribution in [0.4, 0.5) is 5.82 Å². The monoisotopic (exact) mass is 336 g/mol. The van der Waals surface area contributed by atoms with Crippen molar-refractivity contribution in [1.82, 2.24) is 4.98 Å². The number of carbonyl (C=O) groups excluding carboxylic acids is 1. The quantitative estimate of drug-likeness (QED) is 0.473. The summed E-state index contributed by atoms with van der Waals surface area (Å²) in [7, 11) is 0. The summed E-state index contributed by atoms with van der Waals surface area (Å²) in [6.07, 6.45) is 4.14. The molecule has 2 rings (SSSR count). The number of halogens is 1. The molecule has 1 amide bonds. The second-order valence-electron chi connectivity index (χ2n) is 6.63. The van der Waals surface area contributed by atoms with Crippen LogP contribution in [0.2, 0.25) is 5.15 Å². The van der Waals surface area contributed by atoms with Gasteiger partial charge in [0, 0.05) is 17.7 Å². The first-order valence-electron chi connectivity index (χ1n) is 7.24. The number of allylic oxidation sites excluding steroid dienone is 1. The summed E-state index contributed by atoms with van der Waals surface area (Å²) < 4.78 is 5.56. The molecule has 0 aromatic carbocycles. The van der Waals surface area contributed by atoms with Gasteiger partial charge >= 0.3 is 0 Å². The van der Waals surface area contributed by atoms with Crippen molar-refractivity contribution < 1.29 is 9.53 Å². The summed E-state index contributed by atoms with van der Waals surface area (Å²) in [6, 6.07) is 3.02. The molecule has 7 heteroatoms. The fraction of sp³-hybridized carbons (Fsp3) is 0.438. The molecule has 124 valence electrons. The number of hydrogen-bond donors (Lipinski definition) is 2. The minimum atomic E-state index is -0.632. The predicted molar refractivity (Wildman–Crippen MR) is 90.6 cm³/mol. The molecule has 6 nitrogen and oxygen atoms in total. The van der Waals surface area contributed by atoms with Gasteiger partial charge in [0.2, 0.25) is 0 Å². The third-order valence-corrected chi connectivity index (χ3v) is 4.73. The number of hydrogen-bond acceptors (Lipinski definition) is 5. The molecule has 1 atom stereocenters. The zero-order valence-electron chi connectivity index (χ0n) is 13.5. The van der Waals surface area contributed by atoms with E-state index in [0.717, 1.165) is 6.42 Å². The van der Waals surface area contributed by atoms with Crippen LogP contribution >= 0.6 is 11.6 Å². The van der Waals surface area contributed by atoms with Gasteiger partial charge in [0.1, 0.15) is 5.15 Å². The maximum absolute atomic E-state index is 11.1. The van der Waals surface area contributed by atoms with Crippen LogP contribution in [-0.2, 0) is 4.74 Å². The third-order valence-electron chi connectivity index (χ3n) is 4.44. The van der Waals surface area contributed by atoms with Crippen molar-refractivity contribution in [3.8, 4) is 0 Å². The smallest absolute Gasteiger partial charge is 0.251 e. The van der Waals surface area contributed by atoms with Gasteiger partial charge in [-0.25, -0.2) is 9.98 Å². The maximum atomic E-state index is 11.1. The van der Waals surface area contributed by atoms with Crippen molar-refractivity contribution in [3.63, 3.8) is 0 Å². The van der Waals surface area contributed by atoms with E-state index in [1.165, 1.54) is 12.3 Å². The highest BCUT2D eigenvalue weighted by Crippen LogP contribution is 2.63. The van der Waals surface area contributed by atoms with Gasteiger partial charge in [0.05, 0.1) is 12.2 Å². The number of rotatable bonds is 6. The van der Waals surface area contributed by atoms with E-state index < -0.39 is 5.91 Å². The molecule has 0 aliphatic heterocycles. The van der Waals surface area contributed by atoms with Gasteiger partial charge in [-0.05, 0) is 24.0 Å². The molecule has 1 fully saturated rings. The van der Waals surface area contributed by atoms with Gasteiger partial charge in [-0.3, -0.25) is 4.79 Å². The second-order valence-corrected chi connectivity index (χ2v) is 6.99. The molecule has 1 aliphatic carbocycles. The van der Waals surface area contributed by atoms with Gasteiger partial charge in [0.15, 0.2) is 11.7 Å². The van der Waals surface area contributed by atoms with Gasteiger partial charge < -0.3 is 16.2 Å². The molecule has 4 N–H and O–H groups in total. The Morgan fingerprint density at radius 3 is 2.61 bits per heavy atom. The van der Waals surface area contributed by atoms with E-state index >= 15 is 0 Å². The van der Waals surface area contributed by atoms with Crippen LogP contribution in [0.15, 0.2) is 29.1 Å². The number of carbonyl (C=O) groups is 1. The number of ether oxygens (including phenoxy) is 1. The van der Waals surface area contributed by atoms with Crippen molar-refractivity contribution in [2.24, 2.45) is 27.3 Å². The average molecular weight is 337 g/mol. The first-order chi connectivity index (χ1) is 10.6. The van der Waals surface area contributed by atoms with Crippen molar-refractivity contribution >= 4 is 29.5 Å². The van der Waals surface area contributed by atoms with Crippen LogP contribution in [-0.4, -0.2) is 23.7 Å². The van der Waals surface area contributed by atoms with Gasteiger partial charge in [-0.2, -0.15) is 0 Å². The van der Waals surface area contributed by atoms with Crippen molar-refractivity contribution in [2.45, 2.75) is 27.2 Å². The standard InChI is InChI=1S/C16H21ClN4O2/c1-15(2)8-16(15,3)9-23-11(18)6-7-20-12-5-4-10(14(19)22)13(17)21-12/h4-7H,8-9,18H2,1-3H3,(H2,19,22). The summed E-state index contributed by atoms with van der Waals surface area (Å²) in [4.78, 5) is 19.1. The fourth-order valence-electron chi connectivity index (χ4n) is 2.34. The largest absolute Gasteiger partial charge is 0.479 e. The predicted octanol–water partition coefficient (Wildman–Crippen LogP) is 2.79. The average Bonchev–Trinajstić information content (AvgIpc) is 2.95. The summed E-state index contributed by atoms with van der Waals surface area (Å²) in [5, 5.41) is 0.0178. The highest BCUT2D eigenvalue weighted by Gasteiger charge is 2.57. The van der Waals surface area contributed by atoms with E-state index in [2.05, 4.69) is 30.7 Å². The van der Waals surface area contributed by atoms with Crippen LogP contribution in [0, 0.1) is 10.8 Å². The molecule has 0 spiro atoms. The van der Waals surface area contributed by atoms with Crippen LogP contribution in [0.1, 0.15) is 37.6 Å². The van der Waals surface area contributed by atoms with E-state index in [-0.39, 0.29) is 22.0 Å². The van der Waals surface area contributed by atoms with Crippen LogP contribution in [0.3, 0.4) is 0 Å². The molecule has 0 saturated heterocycles. The van der Waals surface area contributed by atoms with E-state index in [0.29, 0.717) is 17.8 Å². The Morgan fingerprint density at radius 2 is 2.09 bits per heavy atom. The third kappa shape index (κ3) is 4.01. The molecule has 0 bridgehead atoms. The zero-order chi connectivity index (χ0) is 17.3. The molecule has 23 heavy (non-hydrogen) atoms. The number of aliphatic imine (C=N–C) groups is 1. The Labute approximate surface area is 140 Å². The number of nitrogens with zero attached hydrogens (tertiary/aromatic N) is 2. The molecule has 1 aromatic heterocycles. The Bertz CT molecular complexity index is 685. The van der Waals surface area contributed by atoms with Gasteiger partial charge in [0.25, 0.3) is 5.91 Å². The van der Waals surface area contributed by atoms with Crippen LogP contribution < -0.4 is 11.5 Å². The Hall–Kier alpha value is -2.08. The minimum absolute atomic E-state index is 0.0178. The first kappa shape index (κ1) is 17.3. The highest BCUT2D eigenvalue weighted by atomic mass is 35.5. The number of primary amides is 1. The summed E-state index contributed by atoms with van der Waals surface area (Å²) in [5.41, 5.74) is 11.6. The number of nitrogens with two attached hydrogens (primary N) is 2. The maximum Gasteiger partial charge on any atom is 0.251 e. The SMILES string of the molecule is CC1(C)CC1(C)COC(N)=CC=Nc1ccc(C(N)=O)c(Cl)n1. The summed E-state index contributed by atoms with van der Waals surface area (Å²) >= 11 is 5.85. The van der Waals surface area contributed by atoms with Crippen LogP contribution in [0.25, 0.3) is 0 Å². The summed E-state index contributed by atoms with van der Waals surface area (Å²) in [5.74, 6) is 0.00364. The Balaban J connectivity index is 1.92. The highest BCUT2D eigenvalue weighted by molar-refractivity contribution is 6.32. The minimum Gasteiger partial charge on any atom is -0.479 e. The molecule has 0 radical (unpaired) electrons. The lowest BCUT2D eigenvalue weighted by Gasteiger charge is -2.15. The molecule has 1 aliphatic rings. The van der Waals surface area contributed by atoms with Gasteiger partial charge in [-0.15, -0.1) is 0 Å². The molecule has 1 saturated carbocycles. The van der Waals surface area contributed by atoms with Gasteiger partial charge in [-0.1, -0.05) is 32.4 Å².